The lowest BCUT2D eigenvalue weighted by molar-refractivity contribution is -0.131. The molecular weight excluding hydrogens is 334 g/mol. The Morgan fingerprint density at radius 3 is 2.65 bits per heavy atom. The lowest BCUT2D eigenvalue weighted by Crippen LogP contribution is -2.45. The number of nitrogens with zero attached hydrogens (tertiary/aromatic N) is 5. The first-order chi connectivity index (χ1) is 12.5. The SMILES string of the molecule is Cn1c(CN2CCCCC2)nnc1[C@H]1CCCN(C(=O)CNC(N)=O)C1. The van der Waals surface area contributed by atoms with Crippen molar-refractivity contribution in [3.63, 3.8) is 0 Å². The van der Waals surface area contributed by atoms with Crippen LogP contribution in [0.5, 0.6) is 0 Å². The van der Waals surface area contributed by atoms with Crippen LogP contribution in [0.25, 0.3) is 0 Å². The molecule has 3 heterocycles. The predicted molar refractivity (Wildman–Crippen MR) is 96.3 cm³/mol. The second-order valence-electron chi connectivity index (χ2n) is 7.27. The van der Waals surface area contributed by atoms with Crippen LogP contribution in [0.2, 0.25) is 0 Å². The average Bonchev–Trinajstić information content (AvgIpc) is 3.01. The van der Waals surface area contributed by atoms with Crippen molar-refractivity contribution in [2.24, 2.45) is 12.8 Å². The zero-order chi connectivity index (χ0) is 18.5. The van der Waals surface area contributed by atoms with Gasteiger partial charge in [-0.15, -0.1) is 10.2 Å². The number of piperidine rings is 2. The minimum absolute atomic E-state index is 0.0545. The summed E-state index contributed by atoms with van der Waals surface area (Å²) in [6, 6.07) is -0.678. The van der Waals surface area contributed by atoms with Gasteiger partial charge in [0.15, 0.2) is 0 Å². The third kappa shape index (κ3) is 4.51. The number of nitrogens with one attached hydrogen (secondary N) is 1. The van der Waals surface area contributed by atoms with Gasteiger partial charge in [0.1, 0.15) is 11.6 Å². The molecule has 0 aliphatic carbocycles. The number of rotatable bonds is 5. The van der Waals surface area contributed by atoms with E-state index in [4.69, 9.17) is 5.73 Å². The molecule has 1 aromatic heterocycles. The van der Waals surface area contributed by atoms with E-state index >= 15 is 0 Å². The first-order valence-electron chi connectivity index (χ1n) is 9.46. The van der Waals surface area contributed by atoms with Crippen molar-refractivity contribution < 1.29 is 9.59 Å². The topological polar surface area (TPSA) is 109 Å². The number of aromatic nitrogens is 3. The maximum Gasteiger partial charge on any atom is 0.312 e. The van der Waals surface area contributed by atoms with E-state index in [0.717, 1.165) is 44.1 Å². The Balaban J connectivity index is 1.61. The van der Waals surface area contributed by atoms with E-state index in [9.17, 15) is 9.59 Å². The smallest absolute Gasteiger partial charge is 0.312 e. The zero-order valence-corrected chi connectivity index (χ0v) is 15.5. The Bertz CT molecular complexity index is 639. The van der Waals surface area contributed by atoms with Crippen LogP contribution in [0, 0.1) is 0 Å². The van der Waals surface area contributed by atoms with Crippen molar-refractivity contribution in [1.82, 2.24) is 29.9 Å². The zero-order valence-electron chi connectivity index (χ0n) is 15.5. The maximum absolute atomic E-state index is 12.2. The maximum atomic E-state index is 12.2. The molecule has 0 spiro atoms. The predicted octanol–water partition coefficient (Wildman–Crippen LogP) is 0.175. The van der Waals surface area contributed by atoms with Crippen molar-refractivity contribution in [2.75, 3.05) is 32.7 Å². The molecule has 3 rings (SSSR count). The second-order valence-corrected chi connectivity index (χ2v) is 7.27. The van der Waals surface area contributed by atoms with Gasteiger partial charge in [-0.05, 0) is 38.8 Å². The second kappa shape index (κ2) is 8.48. The molecule has 3 amide bonds. The average molecular weight is 363 g/mol. The molecule has 2 saturated heterocycles. The summed E-state index contributed by atoms with van der Waals surface area (Å²) in [7, 11) is 2.02. The van der Waals surface area contributed by atoms with Gasteiger partial charge in [0, 0.05) is 26.1 Å². The lowest BCUT2D eigenvalue weighted by Gasteiger charge is -2.32. The molecule has 1 aromatic rings. The Kier molecular flexibility index (Phi) is 6.08. The van der Waals surface area contributed by atoms with Gasteiger partial charge in [-0.1, -0.05) is 6.42 Å². The molecule has 0 aromatic carbocycles. The fourth-order valence-electron chi connectivity index (χ4n) is 3.87. The molecule has 0 bridgehead atoms. The highest BCUT2D eigenvalue weighted by atomic mass is 16.2. The molecule has 144 valence electrons. The molecule has 3 N–H and O–H groups in total. The normalized spacial score (nSPS) is 21.6. The van der Waals surface area contributed by atoms with Crippen molar-refractivity contribution in [1.29, 1.82) is 0 Å². The molecule has 1 atom stereocenters. The highest BCUT2D eigenvalue weighted by Gasteiger charge is 2.28. The minimum Gasteiger partial charge on any atom is -0.352 e. The number of carbonyl (C=O) groups excluding carboxylic acids is 2. The molecule has 9 heteroatoms. The summed E-state index contributed by atoms with van der Waals surface area (Å²) in [6.07, 6.45) is 5.73. The number of urea groups is 1. The summed E-state index contributed by atoms with van der Waals surface area (Å²) in [5.41, 5.74) is 5.04. The molecule has 9 nitrogen and oxygen atoms in total. The van der Waals surface area contributed by atoms with Crippen LogP contribution >= 0.6 is 0 Å². The number of likely N-dealkylation sites (tertiary alicyclic amines) is 2. The number of amides is 3. The third-order valence-electron chi connectivity index (χ3n) is 5.37. The summed E-state index contributed by atoms with van der Waals surface area (Å²) in [5.74, 6) is 2.00. The number of carbonyl (C=O) groups is 2. The van der Waals surface area contributed by atoms with Gasteiger partial charge in [-0.2, -0.15) is 0 Å². The van der Waals surface area contributed by atoms with E-state index in [2.05, 4.69) is 25.0 Å². The van der Waals surface area contributed by atoms with Gasteiger partial charge >= 0.3 is 6.03 Å². The lowest BCUT2D eigenvalue weighted by atomic mass is 9.97. The van der Waals surface area contributed by atoms with Gasteiger partial charge in [0.05, 0.1) is 13.1 Å². The van der Waals surface area contributed by atoms with Gasteiger partial charge in [-0.3, -0.25) is 9.69 Å². The fraction of sp³-hybridized carbons (Fsp3) is 0.765. The van der Waals surface area contributed by atoms with Crippen molar-refractivity contribution in [3.05, 3.63) is 11.6 Å². The van der Waals surface area contributed by atoms with E-state index in [0.29, 0.717) is 13.1 Å². The standard InChI is InChI=1S/C17H29N7O2/c1-22-14(12-23-7-3-2-4-8-23)20-21-16(22)13-6-5-9-24(11-13)15(25)10-19-17(18)26/h13H,2-12H2,1H3,(H3,18,19,26)/t13-/m0/s1. The molecule has 2 aliphatic heterocycles. The summed E-state index contributed by atoms with van der Waals surface area (Å²) in [6.45, 7) is 4.34. The first-order valence-corrected chi connectivity index (χ1v) is 9.46. The Hall–Kier alpha value is -2.16. The Morgan fingerprint density at radius 1 is 1.15 bits per heavy atom. The largest absolute Gasteiger partial charge is 0.352 e. The van der Waals surface area contributed by atoms with Crippen molar-refractivity contribution in [3.8, 4) is 0 Å². The number of nitrogens with two attached hydrogens (primary N) is 1. The van der Waals surface area contributed by atoms with E-state index in [1.165, 1.54) is 19.3 Å². The van der Waals surface area contributed by atoms with E-state index in [-0.39, 0.29) is 18.4 Å². The minimum atomic E-state index is -0.678. The summed E-state index contributed by atoms with van der Waals surface area (Å²) < 4.78 is 2.09. The fourth-order valence-corrected chi connectivity index (χ4v) is 3.87. The van der Waals surface area contributed by atoms with Gasteiger partial charge < -0.3 is 20.5 Å². The number of hydrogen-bond donors (Lipinski definition) is 2. The molecule has 0 radical (unpaired) electrons. The molecule has 0 saturated carbocycles. The van der Waals surface area contributed by atoms with Crippen LogP contribution in [0.15, 0.2) is 0 Å². The van der Waals surface area contributed by atoms with Crippen LogP contribution in [0.3, 0.4) is 0 Å². The number of primary amides is 1. The van der Waals surface area contributed by atoms with Gasteiger partial charge in [0.2, 0.25) is 5.91 Å². The molecular formula is C17H29N7O2. The highest BCUT2D eigenvalue weighted by Crippen LogP contribution is 2.26. The summed E-state index contributed by atoms with van der Waals surface area (Å²) in [5, 5.41) is 11.2. The Labute approximate surface area is 153 Å². The van der Waals surface area contributed by atoms with E-state index in [1.54, 1.807) is 4.90 Å². The van der Waals surface area contributed by atoms with Crippen molar-refractivity contribution in [2.45, 2.75) is 44.6 Å². The quantitative estimate of drug-likeness (QED) is 0.775. The van der Waals surface area contributed by atoms with Gasteiger partial charge in [-0.25, -0.2) is 4.79 Å². The van der Waals surface area contributed by atoms with E-state index < -0.39 is 6.03 Å². The molecule has 2 fully saturated rings. The van der Waals surface area contributed by atoms with Gasteiger partial charge in [0.25, 0.3) is 0 Å². The van der Waals surface area contributed by atoms with Crippen LogP contribution in [-0.4, -0.2) is 69.2 Å². The molecule has 2 aliphatic rings. The molecule has 26 heavy (non-hydrogen) atoms. The molecule has 0 unspecified atom stereocenters. The third-order valence-corrected chi connectivity index (χ3v) is 5.37. The Morgan fingerprint density at radius 2 is 1.92 bits per heavy atom. The summed E-state index contributed by atoms with van der Waals surface area (Å²) in [4.78, 5) is 27.3. The highest BCUT2D eigenvalue weighted by molar-refractivity contribution is 5.83. The van der Waals surface area contributed by atoms with Crippen molar-refractivity contribution >= 4 is 11.9 Å². The van der Waals surface area contributed by atoms with Crippen LogP contribution in [-0.2, 0) is 18.4 Å². The number of hydrogen-bond acceptors (Lipinski definition) is 5. The summed E-state index contributed by atoms with van der Waals surface area (Å²) >= 11 is 0. The van der Waals surface area contributed by atoms with Crippen LogP contribution in [0.1, 0.15) is 49.7 Å². The van der Waals surface area contributed by atoms with Crippen LogP contribution in [0.4, 0.5) is 4.79 Å². The monoisotopic (exact) mass is 363 g/mol. The van der Waals surface area contributed by atoms with Crippen LogP contribution < -0.4 is 11.1 Å². The van der Waals surface area contributed by atoms with E-state index in [1.807, 2.05) is 7.05 Å². The first kappa shape index (κ1) is 18.6.